The van der Waals surface area contributed by atoms with Gasteiger partial charge in [-0.1, -0.05) is 13.8 Å². The van der Waals surface area contributed by atoms with E-state index >= 15 is 0 Å². The van der Waals surface area contributed by atoms with Crippen molar-refractivity contribution in [1.29, 1.82) is 0 Å². The van der Waals surface area contributed by atoms with Gasteiger partial charge in [-0.25, -0.2) is 0 Å². The Balaban J connectivity index is 3.68. The molecule has 2 N–H and O–H groups in total. The maximum Gasteiger partial charge on any atom is 0.0575 e. The molecule has 0 fully saturated rings. The van der Waals surface area contributed by atoms with Gasteiger partial charge in [0.15, 0.2) is 0 Å². The molecule has 1 unspecified atom stereocenters. The van der Waals surface area contributed by atoms with E-state index in [4.69, 9.17) is 10.6 Å². The third kappa shape index (κ3) is 4.35. The smallest absolute Gasteiger partial charge is 0.0575 e. The number of hydrogen-bond donors (Lipinski definition) is 1. The Morgan fingerprint density at radius 2 is 2.00 bits per heavy atom. The number of hydroxylamine groups is 2. The maximum absolute atomic E-state index is 5.59. The highest BCUT2D eigenvalue weighted by Gasteiger charge is 2.13. The van der Waals surface area contributed by atoms with Crippen molar-refractivity contribution in [3.8, 4) is 0 Å². The number of nitrogens with zero attached hydrogens (tertiary/aromatic N) is 1. The molecule has 0 aliphatic rings. The van der Waals surface area contributed by atoms with E-state index in [0.717, 1.165) is 13.1 Å². The fraction of sp³-hybridized carbons (Fsp3) is 1.00. The molecule has 0 heterocycles. The van der Waals surface area contributed by atoms with Crippen molar-refractivity contribution in [2.75, 3.05) is 27.2 Å². The summed E-state index contributed by atoms with van der Waals surface area (Å²) in [4.78, 5) is 5.01. The minimum absolute atomic E-state index is 0.528. The van der Waals surface area contributed by atoms with E-state index in [9.17, 15) is 0 Å². The van der Waals surface area contributed by atoms with Crippen molar-refractivity contribution in [1.82, 2.24) is 5.06 Å². The molecule has 0 aromatic rings. The van der Waals surface area contributed by atoms with Crippen LogP contribution in [0.1, 0.15) is 13.8 Å². The second kappa shape index (κ2) is 5.52. The second-order valence-electron chi connectivity index (χ2n) is 3.23. The molecular formula is C8H20N2O. The summed E-state index contributed by atoms with van der Waals surface area (Å²) in [5, 5.41) is 1.82. The molecule has 3 nitrogen and oxygen atoms in total. The first-order chi connectivity index (χ1) is 5.11. The van der Waals surface area contributed by atoms with E-state index in [1.165, 1.54) is 0 Å². The first kappa shape index (κ1) is 10.9. The van der Waals surface area contributed by atoms with Crippen LogP contribution in [0.5, 0.6) is 0 Å². The summed E-state index contributed by atoms with van der Waals surface area (Å²) in [6, 6.07) is 0. The highest BCUT2D eigenvalue weighted by Crippen LogP contribution is 2.09. The second-order valence-corrected chi connectivity index (χ2v) is 3.23. The van der Waals surface area contributed by atoms with E-state index < -0.39 is 0 Å². The van der Waals surface area contributed by atoms with E-state index in [-0.39, 0.29) is 0 Å². The molecule has 0 aromatic carbocycles. The third-order valence-corrected chi connectivity index (χ3v) is 2.05. The van der Waals surface area contributed by atoms with Gasteiger partial charge < -0.3 is 10.6 Å². The zero-order valence-electron chi connectivity index (χ0n) is 8.00. The van der Waals surface area contributed by atoms with Crippen molar-refractivity contribution in [2.24, 2.45) is 17.6 Å². The average Bonchev–Trinajstić information content (AvgIpc) is 1.99. The van der Waals surface area contributed by atoms with Gasteiger partial charge in [0.05, 0.1) is 7.11 Å². The van der Waals surface area contributed by atoms with Crippen molar-refractivity contribution in [2.45, 2.75) is 13.8 Å². The molecule has 0 amide bonds. The quantitative estimate of drug-likeness (QED) is 0.602. The van der Waals surface area contributed by atoms with Gasteiger partial charge in [0.1, 0.15) is 0 Å². The average molecular weight is 160 g/mol. The van der Waals surface area contributed by atoms with Crippen molar-refractivity contribution < 1.29 is 4.84 Å². The standard InChI is InChI=1S/C8H20N2O/c1-7(2)8(5-9)6-10(3)11-4/h7-8H,5-6,9H2,1-4H3. The van der Waals surface area contributed by atoms with Crippen LogP contribution < -0.4 is 5.73 Å². The maximum atomic E-state index is 5.59. The minimum atomic E-state index is 0.528. The van der Waals surface area contributed by atoms with Gasteiger partial charge in [-0.15, -0.1) is 0 Å². The fourth-order valence-corrected chi connectivity index (χ4v) is 0.962. The SMILES string of the molecule is CON(C)CC(CN)C(C)C. The molecule has 3 heteroatoms. The molecule has 0 aliphatic carbocycles. The van der Waals surface area contributed by atoms with Crippen molar-refractivity contribution in [3.63, 3.8) is 0 Å². The Labute approximate surface area is 69.5 Å². The molecule has 11 heavy (non-hydrogen) atoms. The van der Waals surface area contributed by atoms with Gasteiger partial charge in [0.2, 0.25) is 0 Å². The minimum Gasteiger partial charge on any atom is -0.330 e. The lowest BCUT2D eigenvalue weighted by atomic mass is 9.96. The molecular weight excluding hydrogens is 140 g/mol. The molecule has 0 aliphatic heterocycles. The van der Waals surface area contributed by atoms with Crippen molar-refractivity contribution >= 4 is 0 Å². The summed E-state index contributed by atoms with van der Waals surface area (Å²) in [7, 11) is 3.60. The predicted molar refractivity (Wildman–Crippen MR) is 47.0 cm³/mol. The van der Waals surface area contributed by atoms with E-state index in [0.29, 0.717) is 11.8 Å². The van der Waals surface area contributed by atoms with Gasteiger partial charge in [-0.2, -0.15) is 5.06 Å². The Morgan fingerprint density at radius 1 is 1.45 bits per heavy atom. The molecule has 0 bridgehead atoms. The molecule has 0 radical (unpaired) electrons. The first-order valence-electron chi connectivity index (χ1n) is 4.07. The van der Waals surface area contributed by atoms with Crippen LogP contribution >= 0.6 is 0 Å². The predicted octanol–water partition coefficient (Wildman–Crippen LogP) is 0.710. The van der Waals surface area contributed by atoms with Gasteiger partial charge in [-0.3, -0.25) is 0 Å². The lowest BCUT2D eigenvalue weighted by molar-refractivity contribution is -0.120. The molecule has 1 atom stereocenters. The lowest BCUT2D eigenvalue weighted by Crippen LogP contribution is -2.32. The van der Waals surface area contributed by atoms with E-state index in [1.807, 2.05) is 12.1 Å². The van der Waals surface area contributed by atoms with Crippen LogP contribution in [0.2, 0.25) is 0 Å². The van der Waals surface area contributed by atoms with Crippen molar-refractivity contribution in [3.05, 3.63) is 0 Å². The normalized spacial score (nSPS) is 14.5. The van der Waals surface area contributed by atoms with Gasteiger partial charge in [0, 0.05) is 13.6 Å². The summed E-state index contributed by atoms with van der Waals surface area (Å²) >= 11 is 0. The summed E-state index contributed by atoms with van der Waals surface area (Å²) in [6.45, 7) is 6.00. The lowest BCUT2D eigenvalue weighted by Gasteiger charge is -2.23. The Morgan fingerprint density at radius 3 is 2.27 bits per heavy atom. The summed E-state index contributed by atoms with van der Waals surface area (Å²) < 4.78 is 0. The Hall–Kier alpha value is -0.120. The number of hydrogen-bond acceptors (Lipinski definition) is 3. The largest absolute Gasteiger partial charge is 0.330 e. The van der Waals surface area contributed by atoms with Crippen LogP contribution in [0.25, 0.3) is 0 Å². The molecule has 68 valence electrons. The zero-order valence-corrected chi connectivity index (χ0v) is 8.00. The van der Waals surface area contributed by atoms with Crippen LogP contribution in [-0.4, -0.2) is 32.3 Å². The molecule has 0 spiro atoms. The monoisotopic (exact) mass is 160 g/mol. The summed E-state index contributed by atoms with van der Waals surface area (Å²) in [5.41, 5.74) is 5.59. The van der Waals surface area contributed by atoms with Gasteiger partial charge >= 0.3 is 0 Å². The third-order valence-electron chi connectivity index (χ3n) is 2.05. The molecule has 0 saturated heterocycles. The zero-order chi connectivity index (χ0) is 8.85. The van der Waals surface area contributed by atoms with Crippen LogP contribution in [0.15, 0.2) is 0 Å². The van der Waals surface area contributed by atoms with Crippen LogP contribution in [0, 0.1) is 11.8 Å². The summed E-state index contributed by atoms with van der Waals surface area (Å²) in [6.07, 6.45) is 0. The van der Waals surface area contributed by atoms with Gasteiger partial charge in [-0.05, 0) is 18.4 Å². The topological polar surface area (TPSA) is 38.5 Å². The first-order valence-corrected chi connectivity index (χ1v) is 4.07. The van der Waals surface area contributed by atoms with E-state index in [2.05, 4.69) is 13.8 Å². The highest BCUT2D eigenvalue weighted by molar-refractivity contribution is 4.64. The highest BCUT2D eigenvalue weighted by atomic mass is 16.7. The fourth-order valence-electron chi connectivity index (χ4n) is 0.962. The number of rotatable bonds is 5. The Bertz CT molecular complexity index is 96.1. The Kier molecular flexibility index (Phi) is 5.46. The molecule has 0 aromatic heterocycles. The van der Waals surface area contributed by atoms with Crippen LogP contribution in [0.3, 0.4) is 0 Å². The van der Waals surface area contributed by atoms with E-state index in [1.54, 1.807) is 7.11 Å². The molecule has 0 rings (SSSR count). The van der Waals surface area contributed by atoms with Crippen LogP contribution in [-0.2, 0) is 4.84 Å². The number of nitrogens with two attached hydrogens (primary N) is 1. The molecule has 0 saturated carbocycles. The summed E-state index contributed by atoms with van der Waals surface area (Å²) in [5.74, 6) is 1.15. The van der Waals surface area contributed by atoms with Gasteiger partial charge in [0.25, 0.3) is 0 Å². The van der Waals surface area contributed by atoms with Crippen LogP contribution in [0.4, 0.5) is 0 Å².